The van der Waals surface area contributed by atoms with Gasteiger partial charge in [-0.25, -0.2) is 0 Å². The van der Waals surface area contributed by atoms with Crippen molar-refractivity contribution in [2.45, 2.75) is 6.42 Å². The van der Waals surface area contributed by atoms with Crippen molar-refractivity contribution in [2.24, 2.45) is 0 Å². The number of halogens is 1. The van der Waals surface area contributed by atoms with Crippen LogP contribution in [-0.4, -0.2) is 48.6 Å². The van der Waals surface area contributed by atoms with Crippen LogP contribution in [-0.2, 0) is 6.42 Å². The monoisotopic (exact) mass is 345 g/mol. The fourth-order valence-corrected chi connectivity index (χ4v) is 3.13. The van der Waals surface area contributed by atoms with Crippen molar-refractivity contribution in [2.75, 3.05) is 32.8 Å². The lowest BCUT2D eigenvalue weighted by molar-refractivity contribution is 0.0735. The number of aromatic nitrogens is 1. The van der Waals surface area contributed by atoms with Crippen LogP contribution in [0.15, 0.2) is 36.7 Å². The molecule has 126 valence electrons. The van der Waals surface area contributed by atoms with E-state index in [9.17, 15) is 4.79 Å². The van der Waals surface area contributed by atoms with E-state index in [2.05, 4.69) is 16.4 Å². The molecule has 2 aliphatic rings. The highest BCUT2D eigenvalue weighted by molar-refractivity contribution is 5.95. The molecule has 5 nitrogen and oxygen atoms in total. The number of fused-ring (bicyclic) bond motifs is 1. The van der Waals surface area contributed by atoms with Gasteiger partial charge in [0.2, 0.25) is 0 Å². The second kappa shape index (κ2) is 7.20. The molecule has 1 fully saturated rings. The standard InChI is InChI=1S/C18H19N3O2.ClH/c22-18(21-6-4-19-5-7-21)16-10-15(11-20-12-16)13-1-2-17-14(9-13)3-8-23-17;/h1-2,9-12,19H,3-8H2;1H. The first-order valence-electron chi connectivity index (χ1n) is 8.02. The summed E-state index contributed by atoms with van der Waals surface area (Å²) in [5.74, 6) is 1.03. The molecule has 0 aliphatic carbocycles. The average Bonchev–Trinajstić information content (AvgIpc) is 3.09. The smallest absolute Gasteiger partial charge is 0.255 e. The summed E-state index contributed by atoms with van der Waals surface area (Å²) in [7, 11) is 0. The van der Waals surface area contributed by atoms with Crippen molar-refractivity contribution in [3.05, 3.63) is 47.8 Å². The number of hydrogen-bond acceptors (Lipinski definition) is 4. The lowest BCUT2D eigenvalue weighted by Gasteiger charge is -2.27. The number of amides is 1. The Balaban J connectivity index is 0.00000169. The van der Waals surface area contributed by atoms with Crippen LogP contribution in [0.3, 0.4) is 0 Å². The van der Waals surface area contributed by atoms with Crippen LogP contribution in [0.2, 0.25) is 0 Å². The molecular weight excluding hydrogens is 326 g/mol. The summed E-state index contributed by atoms with van der Waals surface area (Å²) in [5.41, 5.74) is 3.93. The maximum atomic E-state index is 12.6. The van der Waals surface area contributed by atoms with Gasteiger partial charge in [-0.15, -0.1) is 12.4 Å². The van der Waals surface area contributed by atoms with Crippen LogP contribution < -0.4 is 10.1 Å². The van der Waals surface area contributed by atoms with Crippen molar-refractivity contribution in [1.29, 1.82) is 0 Å². The average molecular weight is 346 g/mol. The SMILES string of the molecule is Cl.O=C(c1cncc(-c2ccc3c(c2)CCO3)c1)N1CCNCC1. The molecule has 3 heterocycles. The number of nitrogens with one attached hydrogen (secondary N) is 1. The molecule has 1 aromatic carbocycles. The number of benzene rings is 1. The molecule has 0 unspecified atom stereocenters. The summed E-state index contributed by atoms with van der Waals surface area (Å²) in [5, 5.41) is 3.26. The van der Waals surface area contributed by atoms with E-state index in [1.54, 1.807) is 6.20 Å². The number of carbonyl (C=O) groups is 1. The second-order valence-corrected chi connectivity index (χ2v) is 5.93. The van der Waals surface area contributed by atoms with Gasteiger partial charge in [0.15, 0.2) is 0 Å². The van der Waals surface area contributed by atoms with Crippen LogP contribution >= 0.6 is 12.4 Å². The second-order valence-electron chi connectivity index (χ2n) is 5.93. The van der Waals surface area contributed by atoms with Crippen molar-refractivity contribution >= 4 is 18.3 Å². The summed E-state index contributed by atoms with van der Waals surface area (Å²) in [6.07, 6.45) is 4.41. The van der Waals surface area contributed by atoms with Gasteiger partial charge in [-0.05, 0) is 29.3 Å². The maximum Gasteiger partial charge on any atom is 0.255 e. The maximum absolute atomic E-state index is 12.6. The molecule has 0 bridgehead atoms. The van der Waals surface area contributed by atoms with Gasteiger partial charge in [-0.3, -0.25) is 9.78 Å². The van der Waals surface area contributed by atoms with Gasteiger partial charge in [-0.2, -0.15) is 0 Å². The zero-order valence-electron chi connectivity index (χ0n) is 13.3. The Kier molecular flexibility index (Phi) is 5.02. The molecule has 4 rings (SSSR count). The van der Waals surface area contributed by atoms with Gasteiger partial charge < -0.3 is 15.0 Å². The van der Waals surface area contributed by atoms with Crippen LogP contribution in [0.1, 0.15) is 15.9 Å². The predicted molar refractivity (Wildman–Crippen MR) is 94.9 cm³/mol. The largest absolute Gasteiger partial charge is 0.493 e. The summed E-state index contributed by atoms with van der Waals surface area (Å²) >= 11 is 0. The fourth-order valence-electron chi connectivity index (χ4n) is 3.13. The molecule has 0 radical (unpaired) electrons. The molecule has 2 aliphatic heterocycles. The van der Waals surface area contributed by atoms with E-state index in [0.717, 1.165) is 56.1 Å². The minimum absolute atomic E-state index is 0. The van der Waals surface area contributed by atoms with Gasteiger partial charge in [0.05, 0.1) is 12.2 Å². The van der Waals surface area contributed by atoms with E-state index >= 15 is 0 Å². The third kappa shape index (κ3) is 3.23. The molecular formula is C18H20ClN3O2. The Morgan fingerprint density at radius 3 is 2.79 bits per heavy atom. The lowest BCUT2D eigenvalue weighted by Crippen LogP contribution is -2.46. The van der Waals surface area contributed by atoms with Crippen LogP contribution in [0, 0.1) is 0 Å². The zero-order valence-corrected chi connectivity index (χ0v) is 14.1. The quantitative estimate of drug-likeness (QED) is 0.906. The third-order valence-corrected chi connectivity index (χ3v) is 4.41. The van der Waals surface area contributed by atoms with Gasteiger partial charge in [0, 0.05) is 50.6 Å². The van der Waals surface area contributed by atoms with Gasteiger partial charge >= 0.3 is 0 Å². The minimum Gasteiger partial charge on any atom is -0.493 e. The highest BCUT2D eigenvalue weighted by atomic mass is 35.5. The van der Waals surface area contributed by atoms with E-state index in [-0.39, 0.29) is 18.3 Å². The van der Waals surface area contributed by atoms with Crippen molar-refractivity contribution < 1.29 is 9.53 Å². The van der Waals surface area contributed by atoms with Crippen LogP contribution in [0.4, 0.5) is 0 Å². The highest BCUT2D eigenvalue weighted by Crippen LogP contribution is 2.30. The number of pyridine rings is 1. The first-order valence-corrected chi connectivity index (χ1v) is 8.02. The fraction of sp³-hybridized carbons (Fsp3) is 0.333. The summed E-state index contributed by atoms with van der Waals surface area (Å²) < 4.78 is 5.55. The van der Waals surface area contributed by atoms with E-state index < -0.39 is 0 Å². The van der Waals surface area contributed by atoms with Gasteiger partial charge in [0.1, 0.15) is 5.75 Å². The molecule has 1 N–H and O–H groups in total. The Morgan fingerprint density at radius 2 is 1.96 bits per heavy atom. The Hall–Kier alpha value is -2.11. The normalized spacial score (nSPS) is 16.1. The van der Waals surface area contributed by atoms with Gasteiger partial charge in [0.25, 0.3) is 5.91 Å². The predicted octanol–water partition coefficient (Wildman–Crippen LogP) is 2.15. The number of hydrogen-bond donors (Lipinski definition) is 1. The summed E-state index contributed by atoms with van der Waals surface area (Å²) in [4.78, 5) is 18.8. The van der Waals surface area contributed by atoms with E-state index in [1.165, 1.54) is 5.56 Å². The Bertz CT molecular complexity index is 745. The van der Waals surface area contributed by atoms with Crippen LogP contribution in [0.5, 0.6) is 5.75 Å². The van der Waals surface area contributed by atoms with Gasteiger partial charge in [-0.1, -0.05) is 6.07 Å². The van der Waals surface area contributed by atoms with Crippen LogP contribution in [0.25, 0.3) is 11.1 Å². The molecule has 2 aromatic rings. The number of ether oxygens (including phenoxy) is 1. The number of nitrogens with zero attached hydrogens (tertiary/aromatic N) is 2. The van der Waals surface area contributed by atoms with E-state index in [1.807, 2.05) is 29.3 Å². The molecule has 1 aromatic heterocycles. The molecule has 1 amide bonds. The number of rotatable bonds is 2. The number of piperazine rings is 1. The minimum atomic E-state index is 0. The van der Waals surface area contributed by atoms with E-state index in [0.29, 0.717) is 5.56 Å². The van der Waals surface area contributed by atoms with E-state index in [4.69, 9.17) is 4.74 Å². The summed E-state index contributed by atoms with van der Waals surface area (Å²) in [6.45, 7) is 3.95. The third-order valence-electron chi connectivity index (χ3n) is 4.41. The topological polar surface area (TPSA) is 54.5 Å². The van der Waals surface area contributed by atoms with Crippen molar-refractivity contribution in [3.63, 3.8) is 0 Å². The van der Waals surface area contributed by atoms with Crippen molar-refractivity contribution in [3.8, 4) is 16.9 Å². The Labute approximate surface area is 147 Å². The molecule has 6 heteroatoms. The number of carbonyl (C=O) groups excluding carboxylic acids is 1. The lowest BCUT2D eigenvalue weighted by atomic mass is 10.0. The molecule has 0 spiro atoms. The summed E-state index contributed by atoms with van der Waals surface area (Å²) in [6, 6.07) is 8.11. The Morgan fingerprint density at radius 1 is 1.12 bits per heavy atom. The van der Waals surface area contributed by atoms with Crippen molar-refractivity contribution in [1.82, 2.24) is 15.2 Å². The molecule has 1 saturated heterocycles. The molecule has 0 saturated carbocycles. The molecule has 0 atom stereocenters. The zero-order chi connectivity index (χ0) is 15.6. The molecule has 24 heavy (non-hydrogen) atoms. The highest BCUT2D eigenvalue weighted by Gasteiger charge is 2.19. The first-order chi connectivity index (χ1) is 11.3. The first kappa shape index (κ1) is 16.7.